The van der Waals surface area contributed by atoms with E-state index in [1.54, 1.807) is 0 Å². The molecule has 170 valence electrons. The Labute approximate surface area is 201 Å². The molecule has 0 radical (unpaired) electrons. The van der Waals surface area contributed by atoms with Gasteiger partial charge in [-0.2, -0.15) is 5.10 Å². The van der Waals surface area contributed by atoms with Crippen molar-refractivity contribution in [3.05, 3.63) is 41.9 Å². The van der Waals surface area contributed by atoms with Crippen LogP contribution < -0.4 is 10.1 Å². The van der Waals surface area contributed by atoms with Gasteiger partial charge in [-0.05, 0) is 44.2 Å². The number of ether oxygens (including phenoxy) is 2. The predicted octanol–water partition coefficient (Wildman–Crippen LogP) is 3.29. The minimum Gasteiger partial charge on any atom is -0.474 e. The van der Waals surface area contributed by atoms with Crippen LogP contribution in [0.15, 0.2) is 35.7 Å². The fraction of sp³-hybridized carbons (Fsp3) is 0.591. The molecule has 4 rings (SSSR count). The Balaban J connectivity index is 0.00000272. The van der Waals surface area contributed by atoms with Crippen LogP contribution in [0.1, 0.15) is 49.8 Å². The smallest absolute Gasteiger partial charge is 0.213 e. The number of hydrogen-bond donors (Lipinski definition) is 1. The fourth-order valence-electron chi connectivity index (χ4n) is 4.03. The van der Waals surface area contributed by atoms with E-state index in [0.29, 0.717) is 25.1 Å². The summed E-state index contributed by atoms with van der Waals surface area (Å²) in [5, 5.41) is 7.70. The van der Waals surface area contributed by atoms with Crippen molar-refractivity contribution in [3.8, 4) is 5.88 Å². The minimum absolute atomic E-state index is 0. The molecular weight excluding hydrogens is 507 g/mol. The summed E-state index contributed by atoms with van der Waals surface area (Å²) in [6.45, 7) is 5.73. The first-order valence-electron chi connectivity index (χ1n) is 11.0. The molecule has 8 nitrogen and oxygen atoms in total. The van der Waals surface area contributed by atoms with Crippen molar-refractivity contribution < 1.29 is 9.47 Å². The number of rotatable bonds is 6. The number of nitrogens with one attached hydrogen (secondary N) is 1. The third kappa shape index (κ3) is 6.55. The Morgan fingerprint density at radius 2 is 2.19 bits per heavy atom. The molecule has 1 aliphatic carbocycles. The van der Waals surface area contributed by atoms with Crippen LogP contribution in [-0.2, 0) is 18.3 Å². The average molecular weight is 540 g/mol. The quantitative estimate of drug-likeness (QED) is 0.345. The lowest BCUT2D eigenvalue weighted by atomic mass is 10.1. The van der Waals surface area contributed by atoms with Crippen LogP contribution in [0.2, 0.25) is 0 Å². The van der Waals surface area contributed by atoms with Crippen LogP contribution in [0, 0.1) is 0 Å². The van der Waals surface area contributed by atoms with E-state index in [0.717, 1.165) is 49.6 Å². The fourth-order valence-corrected chi connectivity index (χ4v) is 4.03. The number of hydrogen-bond acceptors (Lipinski definition) is 5. The molecule has 0 amide bonds. The average Bonchev–Trinajstić information content (AvgIpc) is 3.43. The summed E-state index contributed by atoms with van der Waals surface area (Å²) in [6.07, 6.45) is 10.8. The summed E-state index contributed by atoms with van der Waals surface area (Å²) < 4.78 is 13.8. The largest absolute Gasteiger partial charge is 0.474 e. The van der Waals surface area contributed by atoms with Gasteiger partial charge in [-0.1, -0.05) is 0 Å². The molecule has 3 heterocycles. The maximum Gasteiger partial charge on any atom is 0.213 e. The molecule has 0 aromatic carbocycles. The second-order valence-electron chi connectivity index (χ2n) is 7.95. The number of morpholine rings is 1. The van der Waals surface area contributed by atoms with E-state index in [2.05, 4.69) is 27.2 Å². The number of nitrogens with zero attached hydrogens (tertiary/aromatic N) is 5. The number of pyridine rings is 1. The lowest BCUT2D eigenvalue weighted by Crippen LogP contribution is -2.48. The number of aromatic nitrogens is 3. The van der Waals surface area contributed by atoms with E-state index < -0.39 is 0 Å². The van der Waals surface area contributed by atoms with Gasteiger partial charge >= 0.3 is 0 Å². The number of guanidine groups is 1. The highest BCUT2D eigenvalue weighted by molar-refractivity contribution is 14.0. The molecule has 31 heavy (non-hydrogen) atoms. The molecule has 2 fully saturated rings. The third-order valence-electron chi connectivity index (χ3n) is 5.60. The molecule has 1 saturated heterocycles. The Bertz CT molecular complexity index is 852. The van der Waals surface area contributed by atoms with Crippen molar-refractivity contribution in [2.75, 3.05) is 26.2 Å². The topological polar surface area (TPSA) is 76.8 Å². The molecule has 1 unspecified atom stereocenters. The molecule has 2 aromatic heterocycles. The Kier molecular flexibility index (Phi) is 8.94. The zero-order valence-electron chi connectivity index (χ0n) is 18.4. The van der Waals surface area contributed by atoms with Crippen LogP contribution in [0.4, 0.5) is 0 Å². The van der Waals surface area contributed by atoms with Gasteiger partial charge in [0.25, 0.3) is 0 Å². The summed E-state index contributed by atoms with van der Waals surface area (Å²) in [5.41, 5.74) is 2.20. The monoisotopic (exact) mass is 540 g/mol. The van der Waals surface area contributed by atoms with Crippen molar-refractivity contribution in [3.63, 3.8) is 0 Å². The van der Waals surface area contributed by atoms with Crippen LogP contribution in [0.5, 0.6) is 5.88 Å². The molecule has 2 aromatic rings. The Morgan fingerprint density at radius 3 is 2.94 bits per heavy atom. The summed E-state index contributed by atoms with van der Waals surface area (Å²) in [6, 6.07) is 4.02. The summed E-state index contributed by atoms with van der Waals surface area (Å²) >= 11 is 0. The molecule has 1 N–H and O–H groups in total. The number of aryl methyl sites for hydroxylation is 1. The van der Waals surface area contributed by atoms with Crippen molar-refractivity contribution in [1.82, 2.24) is 25.0 Å². The Morgan fingerprint density at radius 1 is 1.35 bits per heavy atom. The summed E-state index contributed by atoms with van der Waals surface area (Å²) in [4.78, 5) is 11.5. The van der Waals surface area contributed by atoms with Crippen molar-refractivity contribution in [1.29, 1.82) is 0 Å². The highest BCUT2D eigenvalue weighted by Crippen LogP contribution is 2.24. The second-order valence-corrected chi connectivity index (χ2v) is 7.95. The maximum atomic E-state index is 6.04. The highest BCUT2D eigenvalue weighted by Gasteiger charge is 2.25. The van der Waals surface area contributed by atoms with Gasteiger partial charge < -0.3 is 19.7 Å². The summed E-state index contributed by atoms with van der Waals surface area (Å²) in [7, 11) is 1.93. The van der Waals surface area contributed by atoms with Crippen molar-refractivity contribution >= 4 is 29.9 Å². The summed E-state index contributed by atoms with van der Waals surface area (Å²) in [5.74, 6) is 1.62. The van der Waals surface area contributed by atoms with E-state index in [1.807, 2.05) is 42.5 Å². The van der Waals surface area contributed by atoms with Gasteiger partial charge in [0.1, 0.15) is 12.2 Å². The van der Waals surface area contributed by atoms with Gasteiger partial charge in [0.05, 0.1) is 25.9 Å². The number of aliphatic imine (C=N–C) groups is 1. The second kappa shape index (κ2) is 11.7. The normalized spacial score (nSPS) is 19.9. The Hall–Kier alpha value is -1.88. The van der Waals surface area contributed by atoms with E-state index >= 15 is 0 Å². The van der Waals surface area contributed by atoms with E-state index in [4.69, 9.17) is 14.5 Å². The van der Waals surface area contributed by atoms with Gasteiger partial charge in [-0.15, -0.1) is 24.0 Å². The molecule has 1 aliphatic heterocycles. The van der Waals surface area contributed by atoms with Gasteiger partial charge in [-0.3, -0.25) is 4.68 Å². The zero-order valence-corrected chi connectivity index (χ0v) is 20.7. The first-order valence-corrected chi connectivity index (χ1v) is 11.0. The highest BCUT2D eigenvalue weighted by atomic mass is 127. The van der Waals surface area contributed by atoms with Crippen LogP contribution in [-0.4, -0.2) is 58.0 Å². The maximum absolute atomic E-state index is 6.04. The van der Waals surface area contributed by atoms with E-state index in [-0.39, 0.29) is 30.1 Å². The predicted molar refractivity (Wildman–Crippen MR) is 131 cm³/mol. The third-order valence-corrected chi connectivity index (χ3v) is 5.60. The van der Waals surface area contributed by atoms with Crippen LogP contribution in [0.3, 0.4) is 0 Å². The minimum atomic E-state index is 0. The van der Waals surface area contributed by atoms with Gasteiger partial charge in [0.2, 0.25) is 5.88 Å². The molecule has 0 bridgehead atoms. The lowest BCUT2D eigenvalue weighted by molar-refractivity contribution is -0.00805. The first kappa shape index (κ1) is 23.8. The van der Waals surface area contributed by atoms with Gasteiger partial charge in [-0.25, -0.2) is 9.98 Å². The van der Waals surface area contributed by atoms with E-state index in [9.17, 15) is 0 Å². The standard InChI is InChI=1S/C22H32N6O2.HI/c1-3-23-22(28-10-11-29-20(16-28)18-14-26-27(2)15-18)25-13-17-8-9-24-21(12-17)30-19-6-4-5-7-19;/h8-9,12,14-15,19-20H,3-7,10-11,13,16H2,1-2H3,(H,23,25);1H. The molecule has 0 spiro atoms. The van der Waals surface area contributed by atoms with Crippen LogP contribution in [0.25, 0.3) is 0 Å². The molecule has 9 heteroatoms. The molecule has 2 aliphatic rings. The molecular formula is C22H33IN6O2. The van der Waals surface area contributed by atoms with Crippen molar-refractivity contribution in [2.24, 2.45) is 12.0 Å². The van der Waals surface area contributed by atoms with Gasteiger partial charge in [0.15, 0.2) is 5.96 Å². The number of halogens is 1. The lowest BCUT2D eigenvalue weighted by Gasteiger charge is -2.34. The van der Waals surface area contributed by atoms with Crippen LogP contribution >= 0.6 is 24.0 Å². The molecule has 1 atom stereocenters. The van der Waals surface area contributed by atoms with Crippen molar-refractivity contribution in [2.45, 2.75) is 51.4 Å². The first-order chi connectivity index (χ1) is 14.7. The SMILES string of the molecule is CCNC(=NCc1ccnc(OC2CCCC2)c1)N1CCOC(c2cnn(C)c2)C1.I. The molecule has 1 saturated carbocycles. The zero-order chi connectivity index (χ0) is 20.8. The van der Waals surface area contributed by atoms with E-state index in [1.165, 1.54) is 12.8 Å². The van der Waals surface area contributed by atoms with Gasteiger partial charge in [0, 0.05) is 44.2 Å².